The molecule has 0 spiro atoms. The van der Waals surface area contributed by atoms with Crippen molar-refractivity contribution in [1.82, 2.24) is 10.2 Å². The standard InChI is InChI=1S/C26H34ClN3O6S/c1-4-14-28-26(32)22(5-2)29(17-19-9-6-7-10-21(19)27)25(31)11-8-15-30(37(3,33)34)20-12-13-23-24(16-20)36-18-35-23/h6-7,9-10,12-13,16,22H,4-5,8,11,14-15,17-18H2,1-3H3,(H,28,32)/t22-/m1/s1. The molecule has 0 fully saturated rings. The number of fused-ring (bicyclic) bond motifs is 1. The summed E-state index contributed by atoms with van der Waals surface area (Å²) >= 11 is 6.36. The van der Waals surface area contributed by atoms with Crippen LogP contribution in [0, 0.1) is 0 Å². The number of amides is 2. The van der Waals surface area contributed by atoms with Crippen LogP contribution in [-0.2, 0) is 26.2 Å². The molecule has 0 aromatic heterocycles. The van der Waals surface area contributed by atoms with Gasteiger partial charge in [-0.05, 0) is 43.0 Å². The molecule has 0 saturated carbocycles. The van der Waals surface area contributed by atoms with Crippen LogP contribution in [0.25, 0.3) is 0 Å². The zero-order valence-electron chi connectivity index (χ0n) is 21.4. The number of halogens is 1. The maximum absolute atomic E-state index is 13.5. The highest BCUT2D eigenvalue weighted by Gasteiger charge is 2.29. The highest BCUT2D eigenvalue weighted by Crippen LogP contribution is 2.36. The molecule has 1 N–H and O–H groups in total. The lowest BCUT2D eigenvalue weighted by atomic mass is 10.1. The van der Waals surface area contributed by atoms with Crippen LogP contribution in [0.5, 0.6) is 11.5 Å². The Morgan fingerprint density at radius 1 is 1.11 bits per heavy atom. The Bertz CT molecular complexity index is 1210. The van der Waals surface area contributed by atoms with E-state index >= 15 is 0 Å². The zero-order chi connectivity index (χ0) is 27.0. The Balaban J connectivity index is 1.76. The van der Waals surface area contributed by atoms with Crippen LogP contribution in [0.4, 0.5) is 5.69 Å². The van der Waals surface area contributed by atoms with E-state index in [4.69, 9.17) is 21.1 Å². The van der Waals surface area contributed by atoms with Gasteiger partial charge in [0, 0.05) is 37.1 Å². The van der Waals surface area contributed by atoms with Crippen LogP contribution in [0.15, 0.2) is 42.5 Å². The van der Waals surface area contributed by atoms with Gasteiger partial charge in [-0.25, -0.2) is 8.42 Å². The van der Waals surface area contributed by atoms with Crippen molar-refractivity contribution >= 4 is 39.1 Å². The summed E-state index contributed by atoms with van der Waals surface area (Å²) in [6.45, 7) is 4.67. The van der Waals surface area contributed by atoms with Crippen LogP contribution in [0.1, 0.15) is 45.1 Å². The topological polar surface area (TPSA) is 105 Å². The summed E-state index contributed by atoms with van der Waals surface area (Å²) in [6.07, 6.45) is 2.64. The van der Waals surface area contributed by atoms with Crippen LogP contribution in [0.2, 0.25) is 5.02 Å². The van der Waals surface area contributed by atoms with E-state index in [0.29, 0.717) is 35.2 Å². The maximum Gasteiger partial charge on any atom is 0.242 e. The molecule has 3 rings (SSSR count). The zero-order valence-corrected chi connectivity index (χ0v) is 23.0. The van der Waals surface area contributed by atoms with Crippen molar-refractivity contribution in [2.75, 3.05) is 30.4 Å². The minimum absolute atomic E-state index is 0.0541. The number of anilines is 1. The van der Waals surface area contributed by atoms with Crippen LogP contribution >= 0.6 is 11.6 Å². The maximum atomic E-state index is 13.5. The van der Waals surface area contributed by atoms with E-state index in [1.165, 1.54) is 9.21 Å². The summed E-state index contributed by atoms with van der Waals surface area (Å²) < 4.78 is 37.0. The minimum Gasteiger partial charge on any atom is -0.454 e. The molecule has 0 aliphatic carbocycles. The first-order valence-corrected chi connectivity index (χ1v) is 14.6. The van der Waals surface area contributed by atoms with E-state index in [0.717, 1.165) is 18.2 Å². The third kappa shape index (κ3) is 7.52. The second-order valence-corrected chi connectivity index (χ2v) is 11.1. The Hall–Kier alpha value is -2.98. The molecule has 1 aliphatic heterocycles. The predicted molar refractivity (Wildman–Crippen MR) is 143 cm³/mol. The monoisotopic (exact) mass is 551 g/mol. The average Bonchev–Trinajstić information content (AvgIpc) is 3.33. The van der Waals surface area contributed by atoms with Gasteiger partial charge in [0.05, 0.1) is 11.9 Å². The minimum atomic E-state index is -3.62. The van der Waals surface area contributed by atoms with Gasteiger partial charge in [0.15, 0.2) is 11.5 Å². The van der Waals surface area contributed by atoms with Crippen molar-refractivity contribution in [3.05, 3.63) is 53.1 Å². The number of sulfonamides is 1. The van der Waals surface area contributed by atoms with Crippen molar-refractivity contribution in [2.24, 2.45) is 0 Å². The van der Waals surface area contributed by atoms with Crippen molar-refractivity contribution in [3.63, 3.8) is 0 Å². The molecule has 0 unspecified atom stereocenters. The Morgan fingerprint density at radius 3 is 2.51 bits per heavy atom. The normalized spacial score (nSPS) is 13.2. The molecular weight excluding hydrogens is 518 g/mol. The fourth-order valence-electron chi connectivity index (χ4n) is 4.14. The predicted octanol–water partition coefficient (Wildman–Crippen LogP) is 3.95. The largest absolute Gasteiger partial charge is 0.454 e. The SMILES string of the molecule is CCCNC(=O)[C@@H](CC)N(Cc1ccccc1Cl)C(=O)CCCN(c1ccc2c(c1)OCO2)S(C)(=O)=O. The van der Waals surface area contributed by atoms with Gasteiger partial charge in [0.25, 0.3) is 0 Å². The van der Waals surface area contributed by atoms with Crippen molar-refractivity contribution in [1.29, 1.82) is 0 Å². The van der Waals surface area contributed by atoms with Crippen molar-refractivity contribution in [3.8, 4) is 11.5 Å². The summed E-state index contributed by atoms with van der Waals surface area (Å²) in [6, 6.07) is 11.4. The van der Waals surface area contributed by atoms with Crippen LogP contribution in [-0.4, -0.2) is 57.3 Å². The number of carbonyl (C=O) groups is 2. The number of rotatable bonds is 13. The van der Waals surface area contributed by atoms with Crippen LogP contribution in [0.3, 0.4) is 0 Å². The molecule has 202 valence electrons. The number of nitrogens with zero attached hydrogens (tertiary/aromatic N) is 2. The molecule has 2 amide bonds. The van der Waals surface area contributed by atoms with Gasteiger partial charge in [-0.2, -0.15) is 0 Å². The second-order valence-electron chi connectivity index (χ2n) is 8.80. The van der Waals surface area contributed by atoms with Crippen molar-refractivity contribution in [2.45, 2.75) is 52.1 Å². The van der Waals surface area contributed by atoms with Gasteiger partial charge in [0.1, 0.15) is 6.04 Å². The molecule has 0 radical (unpaired) electrons. The molecule has 0 bridgehead atoms. The third-order valence-corrected chi connectivity index (χ3v) is 7.59. The molecular formula is C26H34ClN3O6S. The van der Waals surface area contributed by atoms with Crippen molar-refractivity contribution < 1.29 is 27.5 Å². The average molecular weight is 552 g/mol. The molecule has 0 saturated heterocycles. The molecule has 2 aromatic carbocycles. The number of hydrogen-bond donors (Lipinski definition) is 1. The van der Waals surface area contributed by atoms with E-state index < -0.39 is 16.1 Å². The third-order valence-electron chi connectivity index (χ3n) is 6.03. The summed E-state index contributed by atoms with van der Waals surface area (Å²) in [5.74, 6) is 0.548. The first-order valence-electron chi connectivity index (χ1n) is 12.3. The summed E-state index contributed by atoms with van der Waals surface area (Å²) in [5, 5.41) is 3.39. The smallest absolute Gasteiger partial charge is 0.242 e. The van der Waals surface area contributed by atoms with Crippen LogP contribution < -0.4 is 19.1 Å². The highest BCUT2D eigenvalue weighted by atomic mass is 35.5. The summed E-state index contributed by atoms with van der Waals surface area (Å²) in [7, 11) is -3.62. The second kappa shape index (κ2) is 13.0. The fourth-order valence-corrected chi connectivity index (χ4v) is 5.29. The molecule has 1 aliphatic rings. The van der Waals surface area contributed by atoms with Gasteiger partial charge < -0.3 is 19.7 Å². The molecule has 11 heteroatoms. The highest BCUT2D eigenvalue weighted by molar-refractivity contribution is 7.92. The van der Waals surface area contributed by atoms with E-state index in [9.17, 15) is 18.0 Å². The van der Waals surface area contributed by atoms with Gasteiger partial charge in [0.2, 0.25) is 28.6 Å². The molecule has 1 heterocycles. The number of carbonyl (C=O) groups excluding carboxylic acids is 2. The lowest BCUT2D eigenvalue weighted by molar-refractivity contribution is -0.141. The quantitative estimate of drug-likeness (QED) is 0.404. The fraction of sp³-hybridized carbons (Fsp3) is 0.462. The number of benzene rings is 2. The molecule has 1 atom stereocenters. The Labute approximate surface area is 223 Å². The number of ether oxygens (including phenoxy) is 2. The molecule has 2 aromatic rings. The Morgan fingerprint density at radius 2 is 1.84 bits per heavy atom. The lowest BCUT2D eigenvalue weighted by Gasteiger charge is -2.31. The summed E-state index contributed by atoms with van der Waals surface area (Å²) in [5.41, 5.74) is 1.16. The van der Waals surface area contributed by atoms with E-state index in [2.05, 4.69) is 5.32 Å². The molecule has 9 nitrogen and oxygen atoms in total. The number of hydrogen-bond acceptors (Lipinski definition) is 6. The molecule has 37 heavy (non-hydrogen) atoms. The first kappa shape index (κ1) is 28.6. The summed E-state index contributed by atoms with van der Waals surface area (Å²) in [4.78, 5) is 27.9. The number of nitrogens with one attached hydrogen (secondary N) is 1. The van der Waals surface area contributed by atoms with Gasteiger partial charge in [-0.3, -0.25) is 13.9 Å². The Kier molecular flexibility index (Phi) is 10.0. The van der Waals surface area contributed by atoms with Gasteiger partial charge in [-0.1, -0.05) is 43.6 Å². The van der Waals surface area contributed by atoms with E-state index in [1.807, 2.05) is 26.0 Å². The van der Waals surface area contributed by atoms with E-state index in [-0.39, 0.29) is 44.5 Å². The van der Waals surface area contributed by atoms with Gasteiger partial charge in [-0.15, -0.1) is 0 Å². The first-order chi connectivity index (χ1) is 17.7. The van der Waals surface area contributed by atoms with E-state index in [1.54, 1.807) is 30.3 Å². The lowest BCUT2D eigenvalue weighted by Crippen LogP contribution is -2.49. The van der Waals surface area contributed by atoms with Gasteiger partial charge >= 0.3 is 0 Å².